The van der Waals surface area contributed by atoms with Gasteiger partial charge in [0.25, 0.3) is 0 Å². The number of ketones is 1. The zero-order valence-corrected chi connectivity index (χ0v) is 9.71. The lowest BCUT2D eigenvalue weighted by Crippen LogP contribution is -2.00. The van der Waals surface area contributed by atoms with Gasteiger partial charge in [-0.1, -0.05) is 28.1 Å². The second-order valence-electron chi connectivity index (χ2n) is 3.03. The van der Waals surface area contributed by atoms with Crippen LogP contribution in [0.25, 0.3) is 0 Å². The molecule has 0 heterocycles. The van der Waals surface area contributed by atoms with Crippen molar-refractivity contribution >= 4 is 21.7 Å². The zero-order chi connectivity index (χ0) is 10.4. The minimum atomic E-state index is 0.176. The second kappa shape index (κ2) is 5.94. The van der Waals surface area contributed by atoms with Gasteiger partial charge in [0.2, 0.25) is 0 Å². The van der Waals surface area contributed by atoms with E-state index in [0.717, 1.165) is 16.5 Å². The molecule has 0 aliphatic rings. The van der Waals surface area contributed by atoms with Crippen molar-refractivity contribution in [2.45, 2.75) is 12.8 Å². The summed E-state index contributed by atoms with van der Waals surface area (Å²) in [6.07, 6.45) is 1.33. The van der Waals surface area contributed by atoms with Gasteiger partial charge < -0.3 is 4.74 Å². The highest BCUT2D eigenvalue weighted by molar-refractivity contribution is 9.10. The van der Waals surface area contributed by atoms with Gasteiger partial charge in [0.05, 0.1) is 0 Å². The van der Waals surface area contributed by atoms with Crippen LogP contribution in [0.2, 0.25) is 0 Å². The van der Waals surface area contributed by atoms with Crippen LogP contribution in [0.3, 0.4) is 0 Å². The lowest BCUT2D eigenvalue weighted by molar-refractivity contribution is 0.0963. The maximum atomic E-state index is 11.6. The van der Waals surface area contributed by atoms with Crippen molar-refractivity contribution in [1.29, 1.82) is 0 Å². The van der Waals surface area contributed by atoms with Crippen LogP contribution >= 0.6 is 15.9 Å². The van der Waals surface area contributed by atoms with Crippen molar-refractivity contribution in [3.05, 3.63) is 34.3 Å². The first-order chi connectivity index (χ1) is 6.74. The van der Waals surface area contributed by atoms with E-state index in [0.29, 0.717) is 13.0 Å². The van der Waals surface area contributed by atoms with E-state index in [-0.39, 0.29) is 5.78 Å². The number of hydrogen-bond donors (Lipinski definition) is 0. The molecule has 0 saturated heterocycles. The number of benzene rings is 1. The first kappa shape index (κ1) is 11.4. The standard InChI is InChI=1S/C11H13BrO2/c1-14-8-2-3-11(13)9-4-6-10(12)7-5-9/h4-7H,2-3,8H2,1H3. The third-order valence-electron chi connectivity index (χ3n) is 1.92. The topological polar surface area (TPSA) is 26.3 Å². The minimum Gasteiger partial charge on any atom is -0.385 e. The predicted molar refractivity (Wildman–Crippen MR) is 59.6 cm³/mol. The Balaban J connectivity index is 2.48. The largest absolute Gasteiger partial charge is 0.385 e. The van der Waals surface area contributed by atoms with Crippen LogP contribution in [0.5, 0.6) is 0 Å². The maximum absolute atomic E-state index is 11.6. The van der Waals surface area contributed by atoms with E-state index >= 15 is 0 Å². The van der Waals surface area contributed by atoms with Crippen LogP contribution in [0.15, 0.2) is 28.7 Å². The SMILES string of the molecule is COCCCC(=O)c1ccc(Br)cc1. The molecule has 0 atom stereocenters. The fourth-order valence-corrected chi connectivity index (χ4v) is 1.42. The van der Waals surface area contributed by atoms with Crippen LogP contribution < -0.4 is 0 Å². The van der Waals surface area contributed by atoms with Crippen LogP contribution in [-0.4, -0.2) is 19.5 Å². The fourth-order valence-electron chi connectivity index (χ4n) is 1.16. The Hall–Kier alpha value is -0.670. The van der Waals surface area contributed by atoms with Crippen LogP contribution in [0.4, 0.5) is 0 Å². The molecule has 14 heavy (non-hydrogen) atoms. The minimum absolute atomic E-state index is 0.176. The Morgan fingerprint density at radius 3 is 2.57 bits per heavy atom. The number of carbonyl (C=O) groups excluding carboxylic acids is 1. The lowest BCUT2D eigenvalue weighted by atomic mass is 10.1. The fraction of sp³-hybridized carbons (Fsp3) is 0.364. The Morgan fingerprint density at radius 2 is 2.00 bits per heavy atom. The van der Waals surface area contributed by atoms with Crippen molar-refractivity contribution in [3.8, 4) is 0 Å². The Labute approximate surface area is 92.4 Å². The molecule has 0 fully saturated rings. The molecule has 0 amide bonds. The molecular formula is C11H13BrO2. The van der Waals surface area contributed by atoms with Gasteiger partial charge in [0.1, 0.15) is 0 Å². The van der Waals surface area contributed by atoms with Gasteiger partial charge in [-0.15, -0.1) is 0 Å². The van der Waals surface area contributed by atoms with E-state index in [1.807, 2.05) is 24.3 Å². The third kappa shape index (κ3) is 3.60. The molecule has 0 aromatic heterocycles. The molecule has 0 aliphatic carbocycles. The first-order valence-electron chi connectivity index (χ1n) is 4.51. The molecule has 0 radical (unpaired) electrons. The monoisotopic (exact) mass is 256 g/mol. The molecule has 1 rings (SSSR count). The summed E-state index contributed by atoms with van der Waals surface area (Å²) in [5, 5.41) is 0. The number of methoxy groups -OCH3 is 1. The maximum Gasteiger partial charge on any atom is 0.162 e. The van der Waals surface area contributed by atoms with Gasteiger partial charge in [-0.2, -0.15) is 0 Å². The number of carbonyl (C=O) groups is 1. The van der Waals surface area contributed by atoms with E-state index in [1.165, 1.54) is 0 Å². The van der Waals surface area contributed by atoms with Crippen LogP contribution in [0, 0.1) is 0 Å². The number of halogens is 1. The molecule has 2 nitrogen and oxygen atoms in total. The molecule has 0 N–H and O–H groups in total. The predicted octanol–water partition coefficient (Wildman–Crippen LogP) is 3.06. The van der Waals surface area contributed by atoms with Crippen molar-refractivity contribution in [2.75, 3.05) is 13.7 Å². The Bertz CT molecular complexity index is 293. The number of rotatable bonds is 5. The molecule has 0 unspecified atom stereocenters. The molecule has 1 aromatic carbocycles. The van der Waals surface area contributed by atoms with Gasteiger partial charge in [-0.3, -0.25) is 4.79 Å². The lowest BCUT2D eigenvalue weighted by Gasteiger charge is -2.00. The van der Waals surface area contributed by atoms with E-state index in [9.17, 15) is 4.79 Å². The molecule has 76 valence electrons. The first-order valence-corrected chi connectivity index (χ1v) is 5.31. The Kier molecular flexibility index (Phi) is 4.84. The quantitative estimate of drug-likeness (QED) is 0.598. The molecule has 0 saturated carbocycles. The van der Waals surface area contributed by atoms with E-state index in [1.54, 1.807) is 7.11 Å². The smallest absolute Gasteiger partial charge is 0.162 e. The highest BCUT2D eigenvalue weighted by Crippen LogP contribution is 2.12. The summed E-state index contributed by atoms with van der Waals surface area (Å²) in [5.74, 6) is 0.176. The van der Waals surface area contributed by atoms with E-state index in [4.69, 9.17) is 4.74 Å². The second-order valence-corrected chi connectivity index (χ2v) is 3.94. The van der Waals surface area contributed by atoms with Gasteiger partial charge in [0, 0.05) is 30.2 Å². The van der Waals surface area contributed by atoms with Crippen molar-refractivity contribution in [2.24, 2.45) is 0 Å². The van der Waals surface area contributed by atoms with Gasteiger partial charge >= 0.3 is 0 Å². The summed E-state index contributed by atoms with van der Waals surface area (Å²) in [6, 6.07) is 7.42. The third-order valence-corrected chi connectivity index (χ3v) is 2.45. The molecular weight excluding hydrogens is 244 g/mol. The highest BCUT2D eigenvalue weighted by Gasteiger charge is 2.04. The van der Waals surface area contributed by atoms with Gasteiger partial charge in [-0.05, 0) is 18.6 Å². The highest BCUT2D eigenvalue weighted by atomic mass is 79.9. The van der Waals surface area contributed by atoms with E-state index < -0.39 is 0 Å². The summed E-state index contributed by atoms with van der Waals surface area (Å²) >= 11 is 3.33. The molecule has 0 spiro atoms. The summed E-state index contributed by atoms with van der Waals surface area (Å²) < 4.78 is 5.88. The normalized spacial score (nSPS) is 10.1. The Morgan fingerprint density at radius 1 is 1.36 bits per heavy atom. The average Bonchev–Trinajstić information content (AvgIpc) is 2.19. The molecule has 3 heteroatoms. The number of Topliss-reactive ketones (excluding diaryl/α,β-unsaturated/α-hetero) is 1. The summed E-state index contributed by atoms with van der Waals surface area (Å²) in [4.78, 5) is 11.6. The summed E-state index contributed by atoms with van der Waals surface area (Å²) in [5.41, 5.74) is 0.768. The van der Waals surface area contributed by atoms with Crippen molar-refractivity contribution < 1.29 is 9.53 Å². The van der Waals surface area contributed by atoms with E-state index in [2.05, 4.69) is 15.9 Å². The molecule has 0 bridgehead atoms. The average molecular weight is 257 g/mol. The van der Waals surface area contributed by atoms with Gasteiger partial charge in [-0.25, -0.2) is 0 Å². The number of hydrogen-bond acceptors (Lipinski definition) is 2. The van der Waals surface area contributed by atoms with Crippen LogP contribution in [-0.2, 0) is 4.74 Å². The zero-order valence-electron chi connectivity index (χ0n) is 8.13. The van der Waals surface area contributed by atoms with Crippen LogP contribution in [0.1, 0.15) is 23.2 Å². The van der Waals surface area contributed by atoms with Crippen molar-refractivity contribution in [3.63, 3.8) is 0 Å². The summed E-state index contributed by atoms with van der Waals surface area (Å²) in [6.45, 7) is 0.641. The number of ether oxygens (including phenoxy) is 1. The molecule has 1 aromatic rings. The van der Waals surface area contributed by atoms with Gasteiger partial charge in [0.15, 0.2) is 5.78 Å². The van der Waals surface area contributed by atoms with Crippen molar-refractivity contribution in [1.82, 2.24) is 0 Å². The summed E-state index contributed by atoms with van der Waals surface area (Å²) in [7, 11) is 1.64. The molecule has 0 aliphatic heterocycles.